The van der Waals surface area contributed by atoms with Gasteiger partial charge in [0.25, 0.3) is 5.91 Å². The summed E-state index contributed by atoms with van der Waals surface area (Å²) in [5.74, 6) is -3.99. The van der Waals surface area contributed by atoms with E-state index in [1.807, 2.05) is 0 Å². The number of benzene rings is 1. The van der Waals surface area contributed by atoms with Crippen molar-refractivity contribution in [2.24, 2.45) is 5.41 Å². The fraction of sp³-hybridized carbons (Fsp3) is 0.500. The van der Waals surface area contributed by atoms with E-state index in [9.17, 15) is 18.0 Å². The molecule has 1 amide bonds. The van der Waals surface area contributed by atoms with Crippen molar-refractivity contribution in [3.05, 3.63) is 35.1 Å². The van der Waals surface area contributed by atoms with E-state index in [4.69, 9.17) is 0 Å². The van der Waals surface area contributed by atoms with Crippen molar-refractivity contribution in [2.45, 2.75) is 12.8 Å². The molecule has 3 rings (SSSR count). The molecule has 2 heterocycles. The van der Waals surface area contributed by atoms with Crippen LogP contribution in [-0.2, 0) is 0 Å². The summed E-state index contributed by atoms with van der Waals surface area (Å²) in [7, 11) is 0. The van der Waals surface area contributed by atoms with Crippen molar-refractivity contribution < 1.29 is 18.0 Å². The predicted molar refractivity (Wildman–Crippen MR) is 74.0 cm³/mol. The SMILES string of the molecule is Cl.O=C(c1c(F)cc(F)cc1F)N1CCC2(CCNC2)C1. The van der Waals surface area contributed by atoms with Crippen molar-refractivity contribution >= 4 is 18.3 Å². The van der Waals surface area contributed by atoms with Crippen LogP contribution in [0, 0.1) is 22.9 Å². The van der Waals surface area contributed by atoms with E-state index in [1.165, 1.54) is 4.90 Å². The average molecular weight is 321 g/mol. The van der Waals surface area contributed by atoms with E-state index in [2.05, 4.69) is 5.32 Å². The van der Waals surface area contributed by atoms with Gasteiger partial charge >= 0.3 is 0 Å². The van der Waals surface area contributed by atoms with Crippen molar-refractivity contribution in [1.29, 1.82) is 0 Å². The summed E-state index contributed by atoms with van der Waals surface area (Å²) in [6.07, 6.45) is 1.79. The number of carbonyl (C=O) groups is 1. The third-order valence-electron chi connectivity index (χ3n) is 4.28. The smallest absolute Gasteiger partial charge is 0.259 e. The van der Waals surface area contributed by atoms with Crippen LogP contribution in [0.5, 0.6) is 0 Å². The number of nitrogens with one attached hydrogen (secondary N) is 1. The molecular formula is C14H16ClF3N2O. The third-order valence-corrected chi connectivity index (χ3v) is 4.28. The highest BCUT2D eigenvalue weighted by Gasteiger charge is 2.42. The molecule has 2 fully saturated rings. The van der Waals surface area contributed by atoms with E-state index >= 15 is 0 Å². The Morgan fingerprint density at radius 1 is 1.19 bits per heavy atom. The molecule has 21 heavy (non-hydrogen) atoms. The molecule has 2 saturated heterocycles. The molecule has 0 bridgehead atoms. The fourth-order valence-electron chi connectivity index (χ4n) is 3.16. The average Bonchev–Trinajstić information content (AvgIpc) is 2.99. The molecular weight excluding hydrogens is 305 g/mol. The summed E-state index contributed by atoms with van der Waals surface area (Å²) in [6.45, 7) is 2.71. The van der Waals surface area contributed by atoms with Gasteiger partial charge in [0.15, 0.2) is 0 Å². The lowest BCUT2D eigenvalue weighted by molar-refractivity contribution is 0.0766. The van der Waals surface area contributed by atoms with Crippen LogP contribution in [-0.4, -0.2) is 37.0 Å². The van der Waals surface area contributed by atoms with Crippen LogP contribution in [0.1, 0.15) is 23.2 Å². The molecule has 1 spiro atoms. The maximum Gasteiger partial charge on any atom is 0.259 e. The summed E-state index contributed by atoms with van der Waals surface area (Å²) in [5.41, 5.74) is -0.628. The van der Waals surface area contributed by atoms with Crippen molar-refractivity contribution in [1.82, 2.24) is 10.2 Å². The minimum atomic E-state index is -1.14. The van der Waals surface area contributed by atoms with Gasteiger partial charge in [-0.25, -0.2) is 13.2 Å². The normalized spacial score (nSPS) is 24.4. The van der Waals surface area contributed by atoms with Gasteiger partial charge in [0.05, 0.1) is 0 Å². The highest BCUT2D eigenvalue weighted by Crippen LogP contribution is 2.36. The second-order valence-electron chi connectivity index (χ2n) is 5.65. The Labute approximate surface area is 126 Å². The van der Waals surface area contributed by atoms with Crippen LogP contribution in [0.4, 0.5) is 13.2 Å². The van der Waals surface area contributed by atoms with Crippen molar-refractivity contribution in [3.63, 3.8) is 0 Å². The monoisotopic (exact) mass is 320 g/mol. The maximum absolute atomic E-state index is 13.6. The molecule has 2 aliphatic heterocycles. The van der Waals surface area contributed by atoms with Gasteiger partial charge in [0.1, 0.15) is 23.0 Å². The quantitative estimate of drug-likeness (QED) is 0.861. The topological polar surface area (TPSA) is 32.3 Å². The maximum atomic E-state index is 13.6. The van der Waals surface area contributed by atoms with Crippen LogP contribution in [0.3, 0.4) is 0 Å². The molecule has 3 nitrogen and oxygen atoms in total. The Kier molecular flexibility index (Phi) is 4.49. The molecule has 0 aromatic heterocycles. The Hall–Kier alpha value is -1.27. The Morgan fingerprint density at radius 2 is 1.86 bits per heavy atom. The number of nitrogens with zero attached hydrogens (tertiary/aromatic N) is 1. The lowest BCUT2D eigenvalue weighted by Gasteiger charge is -2.23. The zero-order valence-corrected chi connectivity index (χ0v) is 12.1. The second kappa shape index (κ2) is 5.85. The first kappa shape index (κ1) is 16.1. The number of rotatable bonds is 1. The van der Waals surface area contributed by atoms with Gasteiger partial charge in [0, 0.05) is 37.2 Å². The predicted octanol–water partition coefficient (Wildman–Crippen LogP) is 2.35. The molecule has 1 unspecified atom stereocenters. The minimum absolute atomic E-state index is 0. The van der Waals surface area contributed by atoms with Gasteiger partial charge in [-0.2, -0.15) is 0 Å². The zero-order valence-electron chi connectivity index (χ0n) is 11.3. The van der Waals surface area contributed by atoms with Crippen molar-refractivity contribution in [3.8, 4) is 0 Å². The third kappa shape index (κ3) is 2.87. The number of hydrogen-bond acceptors (Lipinski definition) is 2. The number of likely N-dealkylation sites (tertiary alicyclic amines) is 1. The molecule has 1 aromatic rings. The summed E-state index contributed by atoms with van der Waals surface area (Å²) < 4.78 is 40.2. The van der Waals surface area contributed by atoms with Gasteiger partial charge in [-0.1, -0.05) is 0 Å². The second-order valence-corrected chi connectivity index (χ2v) is 5.65. The Bertz CT molecular complexity index is 538. The lowest BCUT2D eigenvalue weighted by Crippen LogP contribution is -2.34. The van der Waals surface area contributed by atoms with E-state index in [0.717, 1.165) is 25.9 Å². The summed E-state index contributed by atoms with van der Waals surface area (Å²) in [4.78, 5) is 13.7. The van der Waals surface area contributed by atoms with Crippen LogP contribution >= 0.6 is 12.4 Å². The lowest BCUT2D eigenvalue weighted by atomic mass is 9.86. The van der Waals surface area contributed by atoms with Gasteiger partial charge in [-0.3, -0.25) is 4.79 Å². The van der Waals surface area contributed by atoms with E-state index in [1.54, 1.807) is 0 Å². The summed E-state index contributed by atoms with van der Waals surface area (Å²) in [6, 6.07) is 1.08. The summed E-state index contributed by atoms with van der Waals surface area (Å²) >= 11 is 0. The first-order chi connectivity index (χ1) is 9.51. The first-order valence-corrected chi connectivity index (χ1v) is 6.65. The van der Waals surface area contributed by atoms with Gasteiger partial charge in [-0.15, -0.1) is 12.4 Å². The van der Waals surface area contributed by atoms with Crippen LogP contribution in [0.25, 0.3) is 0 Å². The minimum Gasteiger partial charge on any atom is -0.338 e. The molecule has 0 radical (unpaired) electrons. The number of amides is 1. The summed E-state index contributed by atoms with van der Waals surface area (Å²) in [5, 5.41) is 3.25. The van der Waals surface area contributed by atoms with Crippen LogP contribution in [0.15, 0.2) is 12.1 Å². The van der Waals surface area contributed by atoms with E-state index in [0.29, 0.717) is 25.2 Å². The molecule has 0 saturated carbocycles. The Morgan fingerprint density at radius 3 is 2.43 bits per heavy atom. The molecule has 2 aliphatic rings. The molecule has 7 heteroatoms. The van der Waals surface area contributed by atoms with Crippen molar-refractivity contribution in [2.75, 3.05) is 26.2 Å². The first-order valence-electron chi connectivity index (χ1n) is 6.65. The highest BCUT2D eigenvalue weighted by atomic mass is 35.5. The molecule has 1 N–H and O–H groups in total. The van der Waals surface area contributed by atoms with Crippen LogP contribution < -0.4 is 5.32 Å². The van der Waals surface area contributed by atoms with Gasteiger partial charge in [-0.05, 0) is 19.4 Å². The Balaban J connectivity index is 0.00000161. The fourth-order valence-corrected chi connectivity index (χ4v) is 3.16. The zero-order chi connectivity index (χ0) is 14.3. The molecule has 1 atom stereocenters. The number of halogens is 4. The number of hydrogen-bond donors (Lipinski definition) is 1. The molecule has 0 aliphatic carbocycles. The largest absolute Gasteiger partial charge is 0.338 e. The standard InChI is InChI=1S/C14H15F3N2O.ClH/c15-9-5-10(16)12(11(17)6-9)13(20)19-4-2-14(8-19)1-3-18-7-14;/h5-6,18H,1-4,7-8H2;1H. The van der Waals surface area contributed by atoms with E-state index in [-0.39, 0.29) is 17.8 Å². The van der Waals surface area contributed by atoms with Crippen LogP contribution in [0.2, 0.25) is 0 Å². The van der Waals surface area contributed by atoms with Gasteiger partial charge in [0.2, 0.25) is 0 Å². The highest BCUT2D eigenvalue weighted by molar-refractivity contribution is 5.95. The molecule has 116 valence electrons. The van der Waals surface area contributed by atoms with Gasteiger partial charge < -0.3 is 10.2 Å². The number of carbonyl (C=O) groups excluding carboxylic acids is 1. The molecule has 1 aromatic carbocycles. The van der Waals surface area contributed by atoms with E-state index < -0.39 is 28.9 Å².